The molecule has 0 aliphatic rings. The first-order chi connectivity index (χ1) is 17.1. The van der Waals surface area contributed by atoms with E-state index >= 15 is 0 Å². The lowest BCUT2D eigenvalue weighted by molar-refractivity contribution is -0.387. The fraction of sp³-hybridized carbons (Fsp3) is 0.100. The summed E-state index contributed by atoms with van der Waals surface area (Å²) in [4.78, 5) is 9.47. The maximum Gasteiger partial charge on any atom is 0.573 e. The first-order valence-corrected chi connectivity index (χ1v) is 11.0. The van der Waals surface area contributed by atoms with Crippen LogP contribution >= 0.6 is 0 Å². The molecule has 10 nitrogen and oxygen atoms in total. The van der Waals surface area contributed by atoms with Gasteiger partial charge < -0.3 is 9.47 Å². The van der Waals surface area contributed by atoms with Crippen LogP contribution in [0.25, 0.3) is 0 Å². The van der Waals surface area contributed by atoms with Crippen LogP contribution in [0.5, 0.6) is 11.5 Å². The highest BCUT2D eigenvalue weighted by molar-refractivity contribution is 7.92. The van der Waals surface area contributed by atoms with Gasteiger partial charge >= 0.3 is 12.7 Å². The maximum absolute atomic E-state index is 12.8. The van der Waals surface area contributed by atoms with Gasteiger partial charge in [-0.05, 0) is 42.5 Å². The van der Waals surface area contributed by atoms with Gasteiger partial charge in [-0.3, -0.25) is 14.8 Å². The van der Waals surface area contributed by atoms with Crippen molar-refractivity contribution in [2.75, 3.05) is 4.72 Å². The van der Waals surface area contributed by atoms with Gasteiger partial charge in [0.1, 0.15) is 17.2 Å². The zero-order chi connectivity index (χ0) is 27.4. The quantitative estimate of drug-likeness (QED) is 0.145. The summed E-state index contributed by atoms with van der Waals surface area (Å²) in [6.45, 7) is 0. The van der Waals surface area contributed by atoms with Crippen molar-refractivity contribution >= 4 is 32.8 Å². The first-order valence-electron chi connectivity index (χ1n) is 9.56. The smallest absolute Gasteiger partial charge is 0.406 e. The summed E-state index contributed by atoms with van der Waals surface area (Å²) < 4.78 is 110. The topological polar surface area (TPSA) is 132 Å². The van der Waals surface area contributed by atoms with Crippen molar-refractivity contribution in [3.05, 3.63) is 76.8 Å². The second kappa shape index (κ2) is 10.3. The standard InChI is InChI=1S/C20H12F6N4O6S/c21-19(22,23)35-13-7-5-12(6-8-13)27-28-15-10-9-14(36-20(24,25)26)11-16(15)29-37(33,34)18-4-2-1-3-17(18)30(31)32/h1-11,29H. The summed E-state index contributed by atoms with van der Waals surface area (Å²) in [6.07, 6.45) is -10.1. The molecule has 0 aromatic heterocycles. The van der Waals surface area contributed by atoms with Crippen LogP contribution in [0.15, 0.2) is 81.9 Å². The normalized spacial score (nSPS) is 12.4. The molecule has 0 atom stereocenters. The van der Waals surface area contributed by atoms with E-state index in [0.29, 0.717) is 6.07 Å². The Bertz CT molecular complexity index is 1430. The Morgan fingerprint density at radius 1 is 0.811 bits per heavy atom. The molecular formula is C20H12F6N4O6S. The second-order valence-corrected chi connectivity index (χ2v) is 8.45. The Morgan fingerprint density at radius 2 is 1.38 bits per heavy atom. The molecular weight excluding hydrogens is 538 g/mol. The van der Waals surface area contributed by atoms with E-state index in [-0.39, 0.29) is 11.4 Å². The molecule has 0 saturated carbocycles. The number of alkyl halides is 6. The fourth-order valence-corrected chi connectivity index (χ4v) is 3.98. The van der Waals surface area contributed by atoms with Gasteiger partial charge in [-0.2, -0.15) is 5.11 Å². The zero-order valence-corrected chi connectivity index (χ0v) is 18.6. The molecule has 0 saturated heterocycles. The van der Waals surface area contributed by atoms with Crippen LogP contribution in [0.4, 0.5) is 49.1 Å². The van der Waals surface area contributed by atoms with E-state index in [1.807, 2.05) is 4.72 Å². The summed E-state index contributed by atoms with van der Waals surface area (Å²) in [5, 5.41) is 18.6. The first kappa shape index (κ1) is 27.2. The van der Waals surface area contributed by atoms with Crippen molar-refractivity contribution < 1.29 is 49.2 Å². The van der Waals surface area contributed by atoms with Crippen LogP contribution in [-0.4, -0.2) is 26.1 Å². The highest BCUT2D eigenvalue weighted by atomic mass is 32.2. The van der Waals surface area contributed by atoms with E-state index in [9.17, 15) is 44.9 Å². The molecule has 196 valence electrons. The van der Waals surface area contributed by atoms with Gasteiger partial charge in [0.05, 0.1) is 16.3 Å². The number of nitro groups is 1. The van der Waals surface area contributed by atoms with E-state index < -0.39 is 55.4 Å². The zero-order valence-electron chi connectivity index (χ0n) is 17.8. The number of para-hydroxylation sites is 1. The minimum absolute atomic E-state index is 0.0300. The maximum atomic E-state index is 12.8. The number of halogens is 6. The third kappa shape index (κ3) is 7.79. The molecule has 3 aromatic carbocycles. The number of rotatable bonds is 8. The Balaban J connectivity index is 1.98. The van der Waals surface area contributed by atoms with Crippen molar-refractivity contribution in [2.24, 2.45) is 10.2 Å². The molecule has 0 bridgehead atoms. The van der Waals surface area contributed by atoms with E-state index in [2.05, 4.69) is 19.7 Å². The van der Waals surface area contributed by atoms with Gasteiger partial charge in [0.25, 0.3) is 15.7 Å². The molecule has 17 heteroatoms. The van der Waals surface area contributed by atoms with Crippen molar-refractivity contribution in [1.82, 2.24) is 0 Å². The average molecular weight is 550 g/mol. The van der Waals surface area contributed by atoms with E-state index in [1.165, 1.54) is 12.1 Å². The fourth-order valence-electron chi connectivity index (χ4n) is 2.74. The van der Waals surface area contributed by atoms with Crippen LogP contribution in [0.2, 0.25) is 0 Å². The highest BCUT2D eigenvalue weighted by Crippen LogP contribution is 2.36. The van der Waals surface area contributed by atoms with Gasteiger partial charge in [-0.1, -0.05) is 12.1 Å². The third-order valence-corrected chi connectivity index (χ3v) is 5.55. The van der Waals surface area contributed by atoms with Gasteiger partial charge in [-0.25, -0.2) is 8.42 Å². The highest BCUT2D eigenvalue weighted by Gasteiger charge is 2.32. The molecule has 3 rings (SSSR count). The Morgan fingerprint density at radius 3 is 1.97 bits per heavy atom. The van der Waals surface area contributed by atoms with Gasteiger partial charge in [0.15, 0.2) is 4.90 Å². The summed E-state index contributed by atoms with van der Waals surface area (Å²) in [5.41, 5.74) is -1.78. The molecule has 0 unspecified atom stereocenters. The number of anilines is 1. The van der Waals surface area contributed by atoms with Crippen molar-refractivity contribution in [3.63, 3.8) is 0 Å². The van der Waals surface area contributed by atoms with Crippen LogP contribution in [0.3, 0.4) is 0 Å². The number of hydrogen-bond donors (Lipinski definition) is 1. The summed E-state index contributed by atoms with van der Waals surface area (Å²) >= 11 is 0. The molecule has 0 aliphatic heterocycles. The van der Waals surface area contributed by atoms with Crippen LogP contribution in [0.1, 0.15) is 0 Å². The van der Waals surface area contributed by atoms with Crippen molar-refractivity contribution in [3.8, 4) is 11.5 Å². The number of hydrogen-bond acceptors (Lipinski definition) is 8. The number of nitro benzene ring substituents is 1. The molecule has 0 heterocycles. The largest absolute Gasteiger partial charge is 0.573 e. The number of azo groups is 1. The average Bonchev–Trinajstić information content (AvgIpc) is 2.77. The lowest BCUT2D eigenvalue weighted by atomic mass is 10.2. The second-order valence-electron chi connectivity index (χ2n) is 6.80. The van der Waals surface area contributed by atoms with Crippen molar-refractivity contribution in [1.29, 1.82) is 0 Å². The molecule has 0 aliphatic carbocycles. The number of sulfonamides is 1. The monoisotopic (exact) mass is 550 g/mol. The Kier molecular flexibility index (Phi) is 7.56. The summed E-state index contributed by atoms with van der Waals surface area (Å²) in [6, 6.07) is 10.5. The number of ether oxygens (including phenoxy) is 2. The third-order valence-electron chi connectivity index (χ3n) is 4.14. The number of nitrogens with zero attached hydrogens (tertiary/aromatic N) is 3. The number of benzene rings is 3. The van der Waals surface area contributed by atoms with E-state index in [1.54, 1.807) is 0 Å². The van der Waals surface area contributed by atoms with Crippen LogP contribution < -0.4 is 14.2 Å². The predicted molar refractivity (Wildman–Crippen MR) is 114 cm³/mol. The number of nitrogens with one attached hydrogen (secondary N) is 1. The molecule has 0 fully saturated rings. The molecule has 1 N–H and O–H groups in total. The molecule has 3 aromatic rings. The van der Waals surface area contributed by atoms with E-state index in [0.717, 1.165) is 48.5 Å². The Labute approximate surface area is 203 Å². The van der Waals surface area contributed by atoms with E-state index in [4.69, 9.17) is 0 Å². The minimum Gasteiger partial charge on any atom is -0.406 e. The molecule has 0 spiro atoms. The molecule has 37 heavy (non-hydrogen) atoms. The van der Waals surface area contributed by atoms with Gasteiger partial charge in [-0.15, -0.1) is 31.5 Å². The predicted octanol–water partition coefficient (Wildman–Crippen LogP) is 6.61. The lowest BCUT2D eigenvalue weighted by Crippen LogP contribution is -2.18. The summed E-state index contributed by atoms with van der Waals surface area (Å²) in [7, 11) is -4.73. The molecule has 0 amide bonds. The van der Waals surface area contributed by atoms with Gasteiger partial charge in [0.2, 0.25) is 0 Å². The van der Waals surface area contributed by atoms with Crippen molar-refractivity contribution in [2.45, 2.75) is 17.6 Å². The summed E-state index contributed by atoms with van der Waals surface area (Å²) in [5.74, 6) is -1.40. The van der Waals surface area contributed by atoms with Crippen LogP contribution in [-0.2, 0) is 10.0 Å². The van der Waals surface area contributed by atoms with Crippen LogP contribution in [0, 0.1) is 10.1 Å². The minimum atomic E-state index is -5.13. The SMILES string of the molecule is O=[N+]([O-])c1ccccc1S(=O)(=O)Nc1cc(OC(F)(F)F)ccc1N=Nc1ccc(OC(F)(F)F)cc1. The lowest BCUT2D eigenvalue weighted by Gasteiger charge is -2.13. The van der Waals surface area contributed by atoms with Gasteiger partial charge in [0, 0.05) is 12.1 Å². The molecule has 0 radical (unpaired) electrons. The Hall–Kier alpha value is -4.41.